The van der Waals surface area contributed by atoms with E-state index in [1.54, 1.807) is 9.80 Å². The van der Waals surface area contributed by atoms with Crippen molar-refractivity contribution >= 4 is 48.3 Å². The van der Waals surface area contributed by atoms with Crippen LogP contribution < -0.4 is 10.2 Å². The van der Waals surface area contributed by atoms with Gasteiger partial charge in [-0.3, -0.25) is 14.4 Å². The van der Waals surface area contributed by atoms with E-state index in [1.807, 2.05) is 99.0 Å². The Morgan fingerprint density at radius 1 is 1.04 bits per heavy atom. The van der Waals surface area contributed by atoms with Crippen LogP contribution in [0.1, 0.15) is 63.6 Å². The molecule has 3 aromatic carbocycles. The van der Waals surface area contributed by atoms with E-state index in [4.69, 9.17) is 4.74 Å². The van der Waals surface area contributed by atoms with Gasteiger partial charge in [0.1, 0.15) is 0 Å². The number of anilines is 2. The summed E-state index contributed by atoms with van der Waals surface area (Å²) in [6.07, 6.45) is 7.24. The molecule has 56 heavy (non-hydrogen) atoms. The van der Waals surface area contributed by atoms with Crippen LogP contribution in [0.5, 0.6) is 0 Å². The van der Waals surface area contributed by atoms with Crippen molar-refractivity contribution in [3.63, 3.8) is 0 Å². The van der Waals surface area contributed by atoms with Crippen LogP contribution in [0.15, 0.2) is 102 Å². The van der Waals surface area contributed by atoms with Crippen molar-refractivity contribution in [2.45, 2.75) is 90.3 Å². The van der Waals surface area contributed by atoms with Crippen molar-refractivity contribution in [3.05, 3.63) is 119 Å². The second-order valence-corrected chi connectivity index (χ2v) is 20.2. The van der Waals surface area contributed by atoms with Gasteiger partial charge in [0.05, 0.1) is 31.2 Å². The van der Waals surface area contributed by atoms with Gasteiger partial charge in [0, 0.05) is 59.4 Å². The maximum Gasteiger partial charge on any atom is 0.264 e. The molecule has 0 unspecified atom stereocenters. The molecule has 2 aliphatic rings. The molecular weight excluding hydrogens is 721 g/mol. The summed E-state index contributed by atoms with van der Waals surface area (Å²) in [5, 5.41) is 14.0. The maximum atomic E-state index is 15.0. The third kappa shape index (κ3) is 8.61. The number of nitrogens with zero attached hydrogens (tertiary/aromatic N) is 2. The van der Waals surface area contributed by atoms with Crippen LogP contribution in [-0.4, -0.2) is 71.6 Å². The molecule has 6 rings (SSSR count). The summed E-state index contributed by atoms with van der Waals surface area (Å²) >= 11 is 0. The molecule has 1 aromatic heterocycles. The quantitative estimate of drug-likeness (QED) is 0.0726. The van der Waals surface area contributed by atoms with E-state index < -0.39 is 31.5 Å². The lowest BCUT2D eigenvalue weighted by molar-refractivity contribution is -0.149. The number of benzene rings is 3. The van der Waals surface area contributed by atoms with Gasteiger partial charge < -0.3 is 34.7 Å². The SMILES string of the molecule is CC(C)=CCC/C(C)=C/CN1C(=O)[C@]2(O[C@H](CC(=O)N(CCO)Cc3ccccc3)[C@@H]([Si](C)(C)O)[C@@H]2C)c2cc(NC(=O)Cc3c[nH]c4ccccc34)ccc21. The summed E-state index contributed by atoms with van der Waals surface area (Å²) in [6, 6.07) is 23.0. The summed E-state index contributed by atoms with van der Waals surface area (Å²) in [5.74, 6) is -1.17. The van der Waals surface area contributed by atoms with E-state index >= 15 is 4.79 Å². The first-order valence-electron chi connectivity index (χ1n) is 19.7. The van der Waals surface area contributed by atoms with Gasteiger partial charge in [-0.25, -0.2) is 0 Å². The molecule has 11 heteroatoms. The molecule has 0 aliphatic carbocycles. The largest absolute Gasteiger partial charge is 0.432 e. The number of carbonyl (C=O) groups is 3. The highest BCUT2D eigenvalue weighted by Gasteiger charge is 2.66. The van der Waals surface area contributed by atoms with Crippen molar-refractivity contribution in [2.24, 2.45) is 5.92 Å². The smallest absolute Gasteiger partial charge is 0.264 e. The van der Waals surface area contributed by atoms with E-state index in [2.05, 4.69) is 43.2 Å². The number of aromatic nitrogens is 1. The number of para-hydroxylation sites is 1. The van der Waals surface area contributed by atoms with Crippen molar-refractivity contribution in [1.82, 2.24) is 9.88 Å². The molecule has 2 aliphatic heterocycles. The van der Waals surface area contributed by atoms with Crippen LogP contribution in [0.2, 0.25) is 18.6 Å². The molecule has 4 N–H and O–H groups in total. The van der Waals surface area contributed by atoms with Crippen LogP contribution in [-0.2, 0) is 37.7 Å². The minimum Gasteiger partial charge on any atom is -0.432 e. The number of ether oxygens (including phenoxy) is 1. The Labute approximate surface area is 331 Å². The number of aromatic amines is 1. The monoisotopic (exact) mass is 776 g/mol. The average molecular weight is 777 g/mol. The number of H-pyrrole nitrogens is 1. The molecule has 1 fully saturated rings. The normalized spacial score (nSPS) is 20.8. The van der Waals surface area contributed by atoms with Gasteiger partial charge in [0.2, 0.25) is 11.8 Å². The van der Waals surface area contributed by atoms with Crippen LogP contribution in [0.25, 0.3) is 10.9 Å². The zero-order valence-corrected chi connectivity index (χ0v) is 34.5. The summed E-state index contributed by atoms with van der Waals surface area (Å²) < 4.78 is 7.00. The second kappa shape index (κ2) is 17.1. The minimum atomic E-state index is -3.08. The van der Waals surface area contributed by atoms with Crippen LogP contribution in [0, 0.1) is 5.92 Å². The Hall–Kier alpha value is -4.81. The number of carbonyl (C=O) groups excluding carboxylic acids is 3. The van der Waals surface area contributed by atoms with Crippen molar-refractivity contribution in [3.8, 4) is 0 Å². The Morgan fingerprint density at radius 3 is 2.48 bits per heavy atom. The number of nitrogens with one attached hydrogen (secondary N) is 2. The number of rotatable bonds is 15. The molecule has 4 atom stereocenters. The topological polar surface area (TPSA) is 135 Å². The van der Waals surface area contributed by atoms with Gasteiger partial charge in [-0.1, -0.05) is 78.8 Å². The third-order valence-corrected chi connectivity index (χ3v) is 13.8. The van der Waals surface area contributed by atoms with Gasteiger partial charge in [-0.05, 0) is 82.1 Å². The fourth-order valence-corrected chi connectivity index (χ4v) is 11.2. The van der Waals surface area contributed by atoms with E-state index in [-0.39, 0.29) is 43.7 Å². The molecule has 10 nitrogen and oxygen atoms in total. The molecule has 0 saturated carbocycles. The molecule has 296 valence electrons. The number of hydrogen-bond acceptors (Lipinski definition) is 6. The van der Waals surface area contributed by atoms with Crippen molar-refractivity contribution in [1.29, 1.82) is 0 Å². The number of allylic oxidation sites excluding steroid dienone is 3. The summed E-state index contributed by atoms with van der Waals surface area (Å²) in [7, 11) is -3.08. The van der Waals surface area contributed by atoms with E-state index in [0.29, 0.717) is 30.0 Å². The highest BCUT2D eigenvalue weighted by atomic mass is 28.4. The molecule has 0 radical (unpaired) electrons. The van der Waals surface area contributed by atoms with Crippen LogP contribution in [0.3, 0.4) is 0 Å². The number of amides is 3. The highest BCUT2D eigenvalue weighted by Crippen LogP contribution is 2.60. The lowest BCUT2D eigenvalue weighted by Crippen LogP contribution is -2.46. The van der Waals surface area contributed by atoms with Gasteiger partial charge in [0.25, 0.3) is 5.91 Å². The van der Waals surface area contributed by atoms with Crippen molar-refractivity contribution in [2.75, 3.05) is 29.9 Å². The molecule has 3 amide bonds. The highest BCUT2D eigenvalue weighted by molar-refractivity contribution is 6.71. The average Bonchev–Trinajstić information content (AvgIpc) is 3.76. The Bertz CT molecular complexity index is 2120. The molecular formula is C45H56N4O6Si. The van der Waals surface area contributed by atoms with Gasteiger partial charge in [0.15, 0.2) is 13.9 Å². The van der Waals surface area contributed by atoms with Gasteiger partial charge in [-0.15, -0.1) is 0 Å². The summed E-state index contributed by atoms with van der Waals surface area (Å²) in [6.45, 7) is 12.4. The Balaban J connectivity index is 1.34. The fraction of sp³-hybridized carbons (Fsp3) is 0.400. The number of aliphatic hydroxyl groups excluding tert-OH is 1. The minimum absolute atomic E-state index is 0.0619. The van der Waals surface area contributed by atoms with E-state index in [0.717, 1.165) is 40.4 Å². The lowest BCUT2D eigenvalue weighted by atomic mass is 9.82. The molecule has 4 aromatic rings. The van der Waals surface area contributed by atoms with Crippen molar-refractivity contribution < 1.29 is 29.0 Å². The van der Waals surface area contributed by atoms with E-state index in [1.165, 1.54) is 5.57 Å². The Morgan fingerprint density at radius 2 is 1.77 bits per heavy atom. The van der Waals surface area contributed by atoms with Crippen LogP contribution >= 0.6 is 0 Å². The second-order valence-electron chi connectivity index (χ2n) is 16.2. The Kier molecular flexibility index (Phi) is 12.5. The van der Waals surface area contributed by atoms with Crippen LogP contribution in [0.4, 0.5) is 11.4 Å². The predicted molar refractivity (Wildman–Crippen MR) is 225 cm³/mol. The lowest BCUT2D eigenvalue weighted by Gasteiger charge is -2.32. The number of hydrogen-bond donors (Lipinski definition) is 4. The first kappa shape index (κ1) is 40.8. The molecule has 0 bridgehead atoms. The zero-order chi connectivity index (χ0) is 40.2. The fourth-order valence-electron chi connectivity index (χ4n) is 8.65. The van der Waals surface area contributed by atoms with Gasteiger partial charge in [-0.2, -0.15) is 0 Å². The third-order valence-electron chi connectivity index (χ3n) is 11.3. The predicted octanol–water partition coefficient (Wildman–Crippen LogP) is 7.60. The van der Waals surface area contributed by atoms with E-state index in [9.17, 15) is 19.5 Å². The zero-order valence-electron chi connectivity index (χ0n) is 33.5. The molecule has 1 saturated heterocycles. The number of aliphatic hydroxyl groups is 1. The molecule has 3 heterocycles. The summed E-state index contributed by atoms with van der Waals surface area (Å²) in [4.78, 5) is 61.1. The first-order valence-corrected chi connectivity index (χ1v) is 22.7. The summed E-state index contributed by atoms with van der Waals surface area (Å²) in [5.41, 5.74) is 5.04. The standard InChI is InChI=1S/C45H56N4O6Si/c1-30(2)13-12-14-31(3)21-22-49-39-20-19-35(47-41(51)25-34-28-46-38-18-11-10-17-36(34)38)26-37(39)45(44(49)53)32(4)43(56(5,6)54)40(55-45)27-42(52)48(23-24-50)29-33-15-8-7-9-16-33/h7-11,13,15-21,26,28,32,40,43,46,50,54H,12,14,22-25,27,29H2,1-6H3,(H,47,51)/b31-21+/t32-,40+,43-,45+/m0/s1. The number of fused-ring (bicyclic) bond motifs is 3. The van der Waals surface area contributed by atoms with Gasteiger partial charge >= 0.3 is 0 Å². The maximum absolute atomic E-state index is 15.0. The first-order chi connectivity index (χ1) is 26.7. The molecule has 1 spiro atoms.